The van der Waals surface area contributed by atoms with Crippen molar-refractivity contribution in [3.8, 4) is 0 Å². The molecule has 2 N–H and O–H groups in total. The molecule has 2 aromatic rings. The van der Waals surface area contributed by atoms with Gasteiger partial charge in [-0.05, 0) is 42.2 Å². The second-order valence-electron chi connectivity index (χ2n) is 12.7. The molecule has 3 amide bonds. The van der Waals surface area contributed by atoms with Crippen LogP contribution in [0.1, 0.15) is 44.8 Å². The zero-order valence-electron chi connectivity index (χ0n) is 26.5. The molecule has 0 radical (unpaired) electrons. The Kier molecular flexibility index (Phi) is 9.55. The summed E-state index contributed by atoms with van der Waals surface area (Å²) in [7, 11) is 0. The lowest BCUT2D eigenvalue weighted by atomic mass is 9.77. The third kappa shape index (κ3) is 5.98. The molecule has 0 saturated carbocycles. The maximum absolute atomic E-state index is 14.8. The first-order chi connectivity index (χ1) is 22.7. The summed E-state index contributed by atoms with van der Waals surface area (Å²) >= 11 is 6.15. The molecule has 2 fully saturated rings. The highest BCUT2D eigenvalue weighted by Crippen LogP contribution is 2.54. The first-order valence-electron chi connectivity index (χ1n) is 16.2. The van der Waals surface area contributed by atoms with E-state index in [2.05, 4.69) is 5.32 Å². The second kappa shape index (κ2) is 13.6. The van der Waals surface area contributed by atoms with E-state index in [1.165, 1.54) is 4.90 Å². The molecule has 1 spiro atoms. The average Bonchev–Trinajstić information content (AvgIpc) is 3.46. The maximum atomic E-state index is 14.8. The van der Waals surface area contributed by atoms with Gasteiger partial charge in [-0.1, -0.05) is 86.5 Å². The van der Waals surface area contributed by atoms with Gasteiger partial charge in [-0.15, -0.1) is 0 Å². The number of amides is 3. The monoisotopic (exact) mass is 661 g/mol. The van der Waals surface area contributed by atoms with Gasteiger partial charge in [0.05, 0.1) is 31.2 Å². The summed E-state index contributed by atoms with van der Waals surface area (Å²) < 4.78 is 12.9. The van der Waals surface area contributed by atoms with E-state index in [-0.39, 0.29) is 43.8 Å². The van der Waals surface area contributed by atoms with Gasteiger partial charge in [0, 0.05) is 23.7 Å². The van der Waals surface area contributed by atoms with Gasteiger partial charge >= 0.3 is 5.97 Å². The summed E-state index contributed by atoms with van der Waals surface area (Å²) in [5.41, 5.74) is -0.241. The van der Waals surface area contributed by atoms with Crippen molar-refractivity contribution in [1.82, 2.24) is 10.2 Å². The number of rotatable bonds is 6. The fourth-order valence-corrected chi connectivity index (χ4v) is 7.50. The van der Waals surface area contributed by atoms with Crippen LogP contribution in [0.2, 0.25) is 5.02 Å². The van der Waals surface area contributed by atoms with Gasteiger partial charge in [0.2, 0.25) is 11.8 Å². The van der Waals surface area contributed by atoms with Gasteiger partial charge in [-0.3, -0.25) is 19.2 Å². The molecule has 10 nitrogen and oxygen atoms in total. The summed E-state index contributed by atoms with van der Waals surface area (Å²) in [6, 6.07) is 14.1. The van der Waals surface area contributed by atoms with Crippen LogP contribution in [0, 0.1) is 17.8 Å². The first kappa shape index (κ1) is 32.9. The lowest BCUT2D eigenvalue weighted by Crippen LogP contribution is -2.59. The van der Waals surface area contributed by atoms with Crippen molar-refractivity contribution in [3.63, 3.8) is 0 Å². The lowest BCUT2D eigenvalue weighted by molar-refractivity contribution is -0.160. The van der Waals surface area contributed by atoms with E-state index in [4.69, 9.17) is 21.1 Å². The van der Waals surface area contributed by atoms with Crippen LogP contribution < -0.4 is 10.2 Å². The number of aliphatic hydroxyl groups is 1. The zero-order chi connectivity index (χ0) is 33.3. The number of fused-ring (bicyclic) bond motifs is 2. The minimum absolute atomic E-state index is 0.0596. The Hall–Kier alpha value is -3.99. The van der Waals surface area contributed by atoms with E-state index >= 15 is 0 Å². The zero-order valence-corrected chi connectivity index (χ0v) is 27.2. The number of esters is 1. The van der Waals surface area contributed by atoms with Crippen LogP contribution in [-0.4, -0.2) is 77.2 Å². The predicted molar refractivity (Wildman–Crippen MR) is 175 cm³/mol. The number of cyclic esters (lactones) is 1. The van der Waals surface area contributed by atoms with Gasteiger partial charge < -0.3 is 29.7 Å². The Morgan fingerprint density at radius 1 is 1.04 bits per heavy atom. The topological polar surface area (TPSA) is 125 Å². The quantitative estimate of drug-likeness (QED) is 0.354. The minimum Gasteiger partial charge on any atom is -0.455 e. The minimum atomic E-state index is -1.52. The van der Waals surface area contributed by atoms with Crippen molar-refractivity contribution >= 4 is 41.0 Å². The molecular weight excluding hydrogens is 622 g/mol. The van der Waals surface area contributed by atoms with Crippen LogP contribution in [-0.2, 0) is 28.7 Å². The largest absolute Gasteiger partial charge is 0.455 e. The normalized spacial score (nSPS) is 31.4. The number of anilines is 1. The molecule has 8 atom stereocenters. The molecule has 248 valence electrons. The fourth-order valence-electron chi connectivity index (χ4n) is 7.37. The van der Waals surface area contributed by atoms with E-state index < -0.39 is 53.6 Å². The van der Waals surface area contributed by atoms with Gasteiger partial charge in [0.15, 0.2) is 0 Å². The summed E-state index contributed by atoms with van der Waals surface area (Å²) in [6.45, 7) is 3.78. The molecule has 47 heavy (non-hydrogen) atoms. The van der Waals surface area contributed by atoms with E-state index in [1.54, 1.807) is 53.5 Å². The number of halogens is 1. The number of hydrogen-bond donors (Lipinski definition) is 2. The van der Waals surface area contributed by atoms with Crippen molar-refractivity contribution in [3.05, 3.63) is 89.5 Å². The van der Waals surface area contributed by atoms with Gasteiger partial charge in [-0.2, -0.15) is 0 Å². The number of carbonyl (C=O) groups is 4. The SMILES string of the molecule is CC[C@H](C)[C@H](CO)N1C(=O)[C@@H]2[C@H]3C(=O)O[C@H](c4ccccc4)CNC(=O)CC/C=C\[C@H]3O[C@@]23C=CCN(c2ccc(Cl)cc2)C(=O)[C@@H]13. The van der Waals surface area contributed by atoms with Crippen LogP contribution in [0.15, 0.2) is 78.9 Å². The molecule has 4 aliphatic heterocycles. The van der Waals surface area contributed by atoms with Crippen LogP contribution in [0.5, 0.6) is 0 Å². The Morgan fingerprint density at radius 2 is 1.79 bits per heavy atom. The van der Waals surface area contributed by atoms with Crippen molar-refractivity contribution in [2.24, 2.45) is 17.8 Å². The Labute approximate surface area is 279 Å². The molecule has 0 aliphatic carbocycles. The number of likely N-dealkylation sites (tertiary alicyclic amines) is 1. The molecule has 2 aromatic carbocycles. The molecule has 2 saturated heterocycles. The highest BCUT2D eigenvalue weighted by molar-refractivity contribution is 6.30. The summed E-state index contributed by atoms with van der Waals surface area (Å²) in [4.78, 5) is 59.5. The Balaban J connectivity index is 1.47. The summed E-state index contributed by atoms with van der Waals surface area (Å²) in [5.74, 6) is -4.04. The first-order valence-corrected chi connectivity index (χ1v) is 16.6. The van der Waals surface area contributed by atoms with Crippen molar-refractivity contribution < 1.29 is 33.8 Å². The van der Waals surface area contributed by atoms with E-state index in [9.17, 15) is 24.3 Å². The molecule has 4 heterocycles. The molecule has 0 bridgehead atoms. The molecule has 6 rings (SSSR count). The molecule has 0 aromatic heterocycles. The third-order valence-corrected chi connectivity index (χ3v) is 10.2. The number of nitrogens with one attached hydrogen (secondary N) is 1. The van der Waals surface area contributed by atoms with Crippen LogP contribution in [0.3, 0.4) is 0 Å². The highest BCUT2D eigenvalue weighted by atomic mass is 35.5. The number of nitrogens with zero attached hydrogens (tertiary/aromatic N) is 2. The lowest BCUT2D eigenvalue weighted by Gasteiger charge is -2.40. The van der Waals surface area contributed by atoms with Crippen LogP contribution in [0.25, 0.3) is 0 Å². The molecular formula is C36H40ClN3O7. The maximum Gasteiger partial charge on any atom is 0.313 e. The van der Waals surface area contributed by atoms with Crippen molar-refractivity contribution in [2.75, 3.05) is 24.6 Å². The smallest absolute Gasteiger partial charge is 0.313 e. The van der Waals surface area contributed by atoms with E-state index in [1.807, 2.05) is 44.2 Å². The molecule has 11 heteroatoms. The number of benzene rings is 2. The van der Waals surface area contributed by atoms with E-state index in [0.717, 1.165) is 0 Å². The number of allylic oxidation sites excluding steroid dienone is 1. The predicted octanol–water partition coefficient (Wildman–Crippen LogP) is 3.98. The van der Waals surface area contributed by atoms with Gasteiger partial charge in [-0.25, -0.2) is 0 Å². The Morgan fingerprint density at radius 3 is 2.49 bits per heavy atom. The Bertz CT molecular complexity index is 1560. The summed E-state index contributed by atoms with van der Waals surface area (Å²) in [5, 5.41) is 14.0. The molecule has 4 aliphatic rings. The number of ether oxygens (including phenoxy) is 2. The van der Waals surface area contributed by atoms with Gasteiger partial charge in [0.1, 0.15) is 23.7 Å². The van der Waals surface area contributed by atoms with Crippen LogP contribution in [0.4, 0.5) is 5.69 Å². The number of carbonyl (C=O) groups excluding carboxylic acids is 4. The third-order valence-electron chi connectivity index (χ3n) is 9.97. The summed E-state index contributed by atoms with van der Waals surface area (Å²) in [6.07, 6.45) is 6.57. The van der Waals surface area contributed by atoms with Crippen LogP contribution >= 0.6 is 11.6 Å². The second-order valence-corrected chi connectivity index (χ2v) is 13.1. The average molecular weight is 662 g/mol. The highest BCUT2D eigenvalue weighted by Gasteiger charge is 2.72. The number of aliphatic hydroxyl groups excluding tert-OH is 1. The van der Waals surface area contributed by atoms with Crippen molar-refractivity contribution in [2.45, 2.75) is 63.0 Å². The standard InChI is InChI=1S/C36H40ClN3O7/c1-3-22(2)26(21-41)40-32-34(44)39(25-16-14-24(37)15-17-25)19-9-18-36(32)31(33(40)43)30-27(47-36)12-7-8-13-29(42)38-20-28(46-35(30)45)23-10-5-4-6-11-23/h4-7,9-12,14-18,22,26-28,30-32,41H,3,8,13,19-21H2,1-2H3,(H,38,42)/b12-7-/t22-,26-,27+,28-,30-,31-,32+,36-/m0/s1. The van der Waals surface area contributed by atoms with Gasteiger partial charge in [0.25, 0.3) is 5.91 Å². The molecule has 0 unspecified atom stereocenters. The van der Waals surface area contributed by atoms with Crippen molar-refractivity contribution in [1.29, 1.82) is 0 Å². The number of hydrogen-bond acceptors (Lipinski definition) is 7. The van der Waals surface area contributed by atoms with E-state index in [0.29, 0.717) is 29.1 Å². The fraction of sp³-hybridized carbons (Fsp3) is 0.444.